The van der Waals surface area contributed by atoms with E-state index in [1.165, 1.54) is 48.5 Å². The summed E-state index contributed by atoms with van der Waals surface area (Å²) in [5.74, 6) is -13.4. The normalized spacial score (nSPS) is 25.4. The lowest BCUT2D eigenvalue weighted by Gasteiger charge is -2.50. The summed E-state index contributed by atoms with van der Waals surface area (Å²) >= 11 is 0. The number of aromatic hydroxyl groups is 4. The number of fused-ring (bicyclic) bond motifs is 6. The predicted octanol–water partition coefficient (Wildman–Crippen LogP) is 4.53. The van der Waals surface area contributed by atoms with E-state index < -0.39 is 117 Å². The molecular weight excluding hydrogens is 752 g/mol. The van der Waals surface area contributed by atoms with Crippen LogP contribution < -0.4 is 0 Å². The van der Waals surface area contributed by atoms with E-state index in [-0.39, 0.29) is 68.5 Å². The molecule has 14 nitrogen and oxygen atoms in total. The van der Waals surface area contributed by atoms with Crippen LogP contribution >= 0.6 is 0 Å². The predicted molar refractivity (Wildman–Crippen MR) is 201 cm³/mol. The van der Waals surface area contributed by atoms with E-state index in [1.54, 1.807) is 13.8 Å². The van der Waals surface area contributed by atoms with Crippen molar-refractivity contribution in [1.82, 2.24) is 0 Å². The highest BCUT2D eigenvalue weighted by Crippen LogP contribution is 2.62. The molecule has 0 heterocycles. The molecule has 4 aromatic rings. The molecule has 6 unspecified atom stereocenters. The number of esters is 2. The minimum absolute atomic E-state index is 0.0901. The smallest absolute Gasteiger partial charge is 0.316 e. The maximum atomic E-state index is 14.2. The monoisotopic (exact) mass is 790 g/mol. The lowest BCUT2D eigenvalue weighted by Crippen LogP contribution is -2.50. The molecule has 6 atom stereocenters. The SMILES string of the molecule is CCC1(O)CC(C2CC(O)(CC)C(C(=O)OC)c3cc4c(c(O)c32)C(=O)c2c(O)cccc2C4=O)c2c(cc3c(c2O)C(=O)c2c(O)cccc2C3=O)C1C(=O)OC. The van der Waals surface area contributed by atoms with Crippen molar-refractivity contribution in [3.05, 3.63) is 115 Å². The van der Waals surface area contributed by atoms with Crippen LogP contribution in [0.4, 0.5) is 0 Å². The average molecular weight is 791 g/mol. The molecule has 6 N–H and O–H groups in total. The van der Waals surface area contributed by atoms with Crippen LogP contribution in [0, 0.1) is 0 Å². The van der Waals surface area contributed by atoms with Crippen molar-refractivity contribution in [2.24, 2.45) is 0 Å². The molecule has 0 spiro atoms. The number of ketones is 4. The standard InChI is InChI=1S/C44H38O14/c1-5-43(55)15-23(27-19(33(43)41(53)57-3)13-21-31(37(27)49)39(51)29-17(35(21)47)9-7-11-25(29)45)24-16-44(56,6-2)34(42(54)58-4)20-14-22-32(38(50)28(20)24)40(52)30-18(36(22)48)10-8-12-26(30)46/h7-14,23-24,33-34,45-46,49-50,55-56H,5-6,15-16H2,1-4H3. The number of hydrogen-bond donors (Lipinski definition) is 6. The molecule has 0 saturated carbocycles. The fraction of sp³-hybridized carbons (Fsp3) is 0.318. The van der Waals surface area contributed by atoms with Crippen molar-refractivity contribution >= 4 is 35.1 Å². The van der Waals surface area contributed by atoms with E-state index in [2.05, 4.69) is 0 Å². The van der Waals surface area contributed by atoms with Gasteiger partial charge in [-0.1, -0.05) is 38.1 Å². The van der Waals surface area contributed by atoms with Crippen LogP contribution in [0.15, 0.2) is 48.5 Å². The largest absolute Gasteiger partial charge is 0.507 e. The number of carbonyl (C=O) groups excluding carboxylic acids is 6. The van der Waals surface area contributed by atoms with Gasteiger partial charge in [-0.2, -0.15) is 0 Å². The third kappa shape index (κ3) is 4.97. The molecule has 0 amide bonds. The van der Waals surface area contributed by atoms with Crippen molar-refractivity contribution in [2.75, 3.05) is 14.2 Å². The Morgan fingerprint density at radius 1 is 0.586 bits per heavy atom. The lowest BCUT2D eigenvalue weighted by molar-refractivity contribution is -0.154. The van der Waals surface area contributed by atoms with E-state index in [9.17, 15) is 59.4 Å². The Morgan fingerprint density at radius 3 is 1.28 bits per heavy atom. The first-order valence-electron chi connectivity index (χ1n) is 18.7. The fourth-order valence-corrected chi connectivity index (χ4v) is 10.1. The molecule has 4 aliphatic carbocycles. The summed E-state index contributed by atoms with van der Waals surface area (Å²) in [5.41, 5.74) is -7.07. The minimum atomic E-state index is -1.99. The number of carbonyl (C=O) groups is 6. The highest BCUT2D eigenvalue weighted by atomic mass is 16.5. The molecule has 298 valence electrons. The van der Waals surface area contributed by atoms with Crippen molar-refractivity contribution in [3.8, 4) is 23.0 Å². The van der Waals surface area contributed by atoms with Gasteiger partial charge in [-0.3, -0.25) is 28.8 Å². The van der Waals surface area contributed by atoms with Gasteiger partial charge in [-0.15, -0.1) is 0 Å². The van der Waals surface area contributed by atoms with Gasteiger partial charge in [0, 0.05) is 33.4 Å². The average Bonchev–Trinajstić information content (AvgIpc) is 3.20. The van der Waals surface area contributed by atoms with Crippen LogP contribution in [0.2, 0.25) is 0 Å². The highest BCUT2D eigenvalue weighted by molar-refractivity contribution is 6.31. The summed E-state index contributed by atoms with van der Waals surface area (Å²) < 4.78 is 10.3. The molecule has 8 rings (SSSR count). The Bertz CT molecular complexity index is 2410. The molecule has 58 heavy (non-hydrogen) atoms. The van der Waals surface area contributed by atoms with Crippen LogP contribution in [-0.2, 0) is 19.1 Å². The number of aliphatic hydroxyl groups is 2. The molecule has 14 heteroatoms. The number of hydrogen-bond acceptors (Lipinski definition) is 14. The second-order valence-electron chi connectivity index (χ2n) is 15.5. The number of methoxy groups -OCH3 is 2. The number of phenolic OH excluding ortho intramolecular Hbond substituents is 4. The van der Waals surface area contributed by atoms with Gasteiger partial charge in [0.25, 0.3) is 0 Å². The van der Waals surface area contributed by atoms with Gasteiger partial charge in [-0.05, 0) is 72.9 Å². The lowest BCUT2D eigenvalue weighted by atomic mass is 9.55. The summed E-state index contributed by atoms with van der Waals surface area (Å²) in [6, 6.07) is 10.3. The first-order valence-corrected chi connectivity index (χ1v) is 18.7. The Kier molecular flexibility index (Phi) is 8.68. The summed E-state index contributed by atoms with van der Waals surface area (Å²) in [5, 5.41) is 71.2. The number of rotatable bonds is 5. The summed E-state index contributed by atoms with van der Waals surface area (Å²) in [4.78, 5) is 83.8. The van der Waals surface area contributed by atoms with Gasteiger partial charge in [0.2, 0.25) is 11.6 Å². The molecule has 0 aliphatic heterocycles. The topological polar surface area (TPSA) is 242 Å². The Labute approximate surface area is 330 Å². The third-order valence-electron chi connectivity index (χ3n) is 12.9. The quantitative estimate of drug-likeness (QED) is 0.132. The van der Waals surface area contributed by atoms with Crippen molar-refractivity contribution in [3.63, 3.8) is 0 Å². The van der Waals surface area contributed by atoms with Gasteiger partial charge in [0.05, 0.1) is 47.7 Å². The Morgan fingerprint density at radius 2 is 0.948 bits per heavy atom. The second-order valence-corrected chi connectivity index (χ2v) is 15.5. The summed E-state index contributed by atoms with van der Waals surface area (Å²) in [7, 11) is 2.19. The van der Waals surface area contributed by atoms with Crippen molar-refractivity contribution in [1.29, 1.82) is 0 Å². The zero-order chi connectivity index (χ0) is 41.9. The third-order valence-corrected chi connectivity index (χ3v) is 12.9. The summed E-state index contributed by atoms with van der Waals surface area (Å²) in [6.07, 6.45) is -1.00. The van der Waals surface area contributed by atoms with Crippen LogP contribution in [0.3, 0.4) is 0 Å². The van der Waals surface area contributed by atoms with Crippen LogP contribution in [0.1, 0.15) is 149 Å². The zero-order valence-corrected chi connectivity index (χ0v) is 31.7. The molecule has 0 fully saturated rings. The Hall–Kier alpha value is -6.38. The van der Waals surface area contributed by atoms with Gasteiger partial charge >= 0.3 is 11.9 Å². The van der Waals surface area contributed by atoms with Crippen LogP contribution in [-0.4, -0.2) is 91.1 Å². The van der Waals surface area contributed by atoms with E-state index in [0.717, 1.165) is 14.2 Å². The first kappa shape index (κ1) is 38.5. The molecular formula is C44H38O14. The molecule has 0 bridgehead atoms. The maximum absolute atomic E-state index is 14.2. The van der Waals surface area contributed by atoms with Gasteiger partial charge in [0.1, 0.15) is 34.8 Å². The number of ether oxygens (including phenoxy) is 2. The van der Waals surface area contributed by atoms with E-state index in [4.69, 9.17) is 9.47 Å². The maximum Gasteiger partial charge on any atom is 0.316 e. The number of phenols is 4. The molecule has 0 aromatic heterocycles. The first-order chi connectivity index (χ1) is 27.5. The second kappa shape index (κ2) is 13.1. The van der Waals surface area contributed by atoms with E-state index in [1.807, 2.05) is 0 Å². The fourth-order valence-electron chi connectivity index (χ4n) is 10.1. The molecule has 4 aromatic carbocycles. The zero-order valence-electron chi connectivity index (χ0n) is 31.7. The van der Waals surface area contributed by atoms with E-state index >= 15 is 0 Å². The summed E-state index contributed by atoms with van der Waals surface area (Å²) in [6.45, 7) is 3.19. The van der Waals surface area contributed by atoms with Crippen molar-refractivity contribution in [2.45, 2.75) is 74.4 Å². The van der Waals surface area contributed by atoms with Crippen molar-refractivity contribution < 1.29 is 68.9 Å². The molecule has 0 saturated heterocycles. The van der Waals surface area contributed by atoms with Crippen LogP contribution in [0.5, 0.6) is 23.0 Å². The van der Waals surface area contributed by atoms with Gasteiger partial charge in [-0.25, -0.2) is 0 Å². The molecule has 0 radical (unpaired) electrons. The minimum Gasteiger partial charge on any atom is -0.507 e. The number of benzene rings is 4. The van der Waals surface area contributed by atoms with Crippen LogP contribution in [0.25, 0.3) is 0 Å². The molecule has 4 aliphatic rings. The van der Waals surface area contributed by atoms with Gasteiger partial charge in [0.15, 0.2) is 11.6 Å². The highest BCUT2D eigenvalue weighted by Gasteiger charge is 2.58. The van der Waals surface area contributed by atoms with E-state index in [0.29, 0.717) is 0 Å². The van der Waals surface area contributed by atoms with Gasteiger partial charge < -0.3 is 40.1 Å². The Balaban J connectivity index is 1.46.